The molecule has 0 aliphatic heterocycles. The molecule has 0 spiro atoms. The molecule has 1 aliphatic rings. The van der Waals surface area contributed by atoms with E-state index in [2.05, 4.69) is 11.9 Å². The highest BCUT2D eigenvalue weighted by molar-refractivity contribution is 5.31. The maximum atomic E-state index is 14.0. The van der Waals surface area contributed by atoms with E-state index < -0.39 is 11.6 Å². The van der Waals surface area contributed by atoms with Crippen LogP contribution in [0.4, 0.5) is 8.78 Å². The van der Waals surface area contributed by atoms with Crippen LogP contribution in [0, 0.1) is 11.6 Å². The van der Waals surface area contributed by atoms with E-state index in [0.717, 1.165) is 30.5 Å². The third kappa shape index (κ3) is 3.34. The van der Waals surface area contributed by atoms with Crippen molar-refractivity contribution in [2.24, 2.45) is 0 Å². The maximum absolute atomic E-state index is 14.0. The minimum absolute atomic E-state index is 0.0265. The van der Waals surface area contributed by atoms with Crippen LogP contribution in [-0.2, 0) is 6.42 Å². The van der Waals surface area contributed by atoms with Gasteiger partial charge in [0.1, 0.15) is 0 Å². The fourth-order valence-electron chi connectivity index (χ4n) is 3.12. The molecule has 0 fully saturated rings. The van der Waals surface area contributed by atoms with Gasteiger partial charge in [-0.2, -0.15) is 0 Å². The zero-order valence-electron chi connectivity index (χ0n) is 13.4. The molecule has 0 radical (unpaired) electrons. The summed E-state index contributed by atoms with van der Waals surface area (Å²) in [6.45, 7) is 6.15. The standard InChI is InChI=1S/C17H17F2N.C2H6/c1-11-7-8-12(10-13-4-3-9-20-17(11)13)14-5-2-6-15(18)16(14)19;1-2/h2-6,9,11-12H,7-8,10H2,1H3;1-2H3/t11-,12-;/m1./s1. The fraction of sp³-hybridized carbons (Fsp3) is 0.421. The summed E-state index contributed by atoms with van der Waals surface area (Å²) < 4.78 is 27.4. The predicted molar refractivity (Wildman–Crippen MR) is 86.0 cm³/mol. The zero-order chi connectivity index (χ0) is 16.1. The minimum atomic E-state index is -0.758. The Morgan fingerprint density at radius 2 is 1.82 bits per heavy atom. The monoisotopic (exact) mass is 303 g/mol. The highest BCUT2D eigenvalue weighted by Gasteiger charge is 2.25. The van der Waals surface area contributed by atoms with Gasteiger partial charge in [-0.05, 0) is 54.4 Å². The maximum Gasteiger partial charge on any atom is 0.162 e. The number of aromatic nitrogens is 1. The molecule has 1 nitrogen and oxygen atoms in total. The molecule has 0 N–H and O–H groups in total. The van der Waals surface area contributed by atoms with Gasteiger partial charge in [0, 0.05) is 11.9 Å². The largest absolute Gasteiger partial charge is 0.261 e. The molecule has 0 amide bonds. The zero-order valence-corrected chi connectivity index (χ0v) is 13.4. The summed E-state index contributed by atoms with van der Waals surface area (Å²) in [6, 6.07) is 8.43. The molecule has 1 aromatic heterocycles. The highest BCUT2D eigenvalue weighted by atomic mass is 19.2. The van der Waals surface area contributed by atoms with Gasteiger partial charge >= 0.3 is 0 Å². The van der Waals surface area contributed by atoms with Crippen molar-refractivity contribution >= 4 is 0 Å². The van der Waals surface area contributed by atoms with Crippen molar-refractivity contribution in [2.45, 2.75) is 51.9 Å². The van der Waals surface area contributed by atoms with Crippen molar-refractivity contribution < 1.29 is 8.78 Å². The van der Waals surface area contributed by atoms with E-state index in [1.165, 1.54) is 6.07 Å². The Morgan fingerprint density at radius 3 is 2.59 bits per heavy atom. The van der Waals surface area contributed by atoms with Crippen LogP contribution >= 0.6 is 0 Å². The second-order valence-electron chi connectivity index (χ2n) is 5.57. The minimum Gasteiger partial charge on any atom is -0.261 e. The Labute approximate surface area is 131 Å². The molecule has 1 heterocycles. The van der Waals surface area contributed by atoms with Crippen LogP contribution in [0.15, 0.2) is 36.5 Å². The van der Waals surface area contributed by atoms with Gasteiger partial charge in [0.25, 0.3) is 0 Å². The Hall–Kier alpha value is -1.77. The van der Waals surface area contributed by atoms with Crippen LogP contribution in [0.25, 0.3) is 0 Å². The van der Waals surface area contributed by atoms with Gasteiger partial charge in [0.2, 0.25) is 0 Å². The third-order valence-corrected chi connectivity index (χ3v) is 4.23. The number of fused-ring (bicyclic) bond motifs is 1. The molecular formula is C19H23F2N. The van der Waals surface area contributed by atoms with E-state index in [1.807, 2.05) is 26.0 Å². The number of hydrogen-bond donors (Lipinski definition) is 0. The van der Waals surface area contributed by atoms with Gasteiger partial charge in [-0.15, -0.1) is 0 Å². The lowest BCUT2D eigenvalue weighted by atomic mass is 9.89. The van der Waals surface area contributed by atoms with E-state index >= 15 is 0 Å². The summed E-state index contributed by atoms with van der Waals surface area (Å²) in [5.41, 5.74) is 2.76. The number of nitrogens with zero attached hydrogens (tertiary/aromatic N) is 1. The number of benzene rings is 1. The smallest absolute Gasteiger partial charge is 0.162 e. The van der Waals surface area contributed by atoms with Crippen LogP contribution in [-0.4, -0.2) is 4.98 Å². The molecular weight excluding hydrogens is 280 g/mol. The second kappa shape index (κ2) is 7.48. The third-order valence-electron chi connectivity index (χ3n) is 4.23. The first-order valence-corrected chi connectivity index (χ1v) is 8.04. The van der Waals surface area contributed by atoms with Gasteiger partial charge in [-0.25, -0.2) is 8.78 Å². The van der Waals surface area contributed by atoms with Crippen molar-refractivity contribution in [3.05, 3.63) is 65.0 Å². The van der Waals surface area contributed by atoms with Crippen LogP contribution in [0.3, 0.4) is 0 Å². The number of hydrogen-bond acceptors (Lipinski definition) is 1. The normalized spacial score (nSPS) is 20.4. The molecule has 3 rings (SSSR count). The first-order chi connectivity index (χ1) is 10.7. The van der Waals surface area contributed by atoms with E-state index in [-0.39, 0.29) is 5.92 Å². The van der Waals surface area contributed by atoms with Gasteiger partial charge in [-0.1, -0.05) is 39.0 Å². The summed E-state index contributed by atoms with van der Waals surface area (Å²) in [6.07, 6.45) is 4.34. The molecule has 22 heavy (non-hydrogen) atoms. The van der Waals surface area contributed by atoms with Crippen molar-refractivity contribution in [1.82, 2.24) is 4.98 Å². The molecule has 3 heteroatoms. The van der Waals surface area contributed by atoms with Gasteiger partial charge in [0.05, 0.1) is 0 Å². The highest BCUT2D eigenvalue weighted by Crippen LogP contribution is 2.37. The average molecular weight is 303 g/mol. The van der Waals surface area contributed by atoms with Crippen LogP contribution < -0.4 is 0 Å². The molecule has 118 valence electrons. The van der Waals surface area contributed by atoms with E-state index in [9.17, 15) is 8.78 Å². The van der Waals surface area contributed by atoms with Crippen molar-refractivity contribution in [3.8, 4) is 0 Å². The Bertz CT molecular complexity index is 625. The number of halogens is 2. The Kier molecular flexibility index (Phi) is 5.64. The fourth-order valence-corrected chi connectivity index (χ4v) is 3.12. The van der Waals surface area contributed by atoms with Crippen LogP contribution in [0.2, 0.25) is 0 Å². The first-order valence-electron chi connectivity index (χ1n) is 8.04. The average Bonchev–Trinajstić information content (AvgIpc) is 2.72. The topological polar surface area (TPSA) is 12.9 Å². The van der Waals surface area contributed by atoms with Crippen molar-refractivity contribution in [2.75, 3.05) is 0 Å². The lowest BCUT2D eigenvalue weighted by Crippen LogP contribution is -2.06. The quantitative estimate of drug-likeness (QED) is 0.624. The van der Waals surface area contributed by atoms with E-state index in [0.29, 0.717) is 11.5 Å². The molecule has 0 saturated heterocycles. The number of pyridine rings is 1. The Morgan fingerprint density at radius 1 is 1.05 bits per heavy atom. The SMILES string of the molecule is CC.C[C@@H]1CC[C@@H](c2cccc(F)c2F)Cc2cccnc21. The molecule has 1 aliphatic carbocycles. The summed E-state index contributed by atoms with van der Waals surface area (Å²) in [7, 11) is 0. The van der Waals surface area contributed by atoms with E-state index in [4.69, 9.17) is 0 Å². The van der Waals surface area contributed by atoms with E-state index in [1.54, 1.807) is 18.3 Å². The molecule has 2 aromatic rings. The molecule has 2 atom stereocenters. The van der Waals surface area contributed by atoms with Gasteiger partial charge in [0.15, 0.2) is 11.6 Å². The van der Waals surface area contributed by atoms with Crippen LogP contribution in [0.5, 0.6) is 0 Å². The molecule has 0 unspecified atom stereocenters. The summed E-state index contributed by atoms with van der Waals surface area (Å²) in [5.74, 6) is -1.06. The first kappa shape index (κ1) is 16.6. The van der Waals surface area contributed by atoms with Crippen molar-refractivity contribution in [1.29, 1.82) is 0 Å². The van der Waals surface area contributed by atoms with Crippen molar-refractivity contribution in [3.63, 3.8) is 0 Å². The predicted octanol–water partition coefficient (Wildman–Crippen LogP) is 5.61. The summed E-state index contributed by atoms with van der Waals surface area (Å²) in [5, 5.41) is 0. The van der Waals surface area contributed by atoms with Gasteiger partial charge in [-0.3, -0.25) is 4.98 Å². The second-order valence-corrected chi connectivity index (χ2v) is 5.57. The lowest BCUT2D eigenvalue weighted by Gasteiger charge is -2.16. The Balaban J connectivity index is 0.000000847. The summed E-state index contributed by atoms with van der Waals surface area (Å²) in [4.78, 5) is 4.46. The lowest BCUT2D eigenvalue weighted by molar-refractivity contribution is 0.476. The molecule has 0 bridgehead atoms. The molecule has 1 aromatic carbocycles. The number of rotatable bonds is 1. The van der Waals surface area contributed by atoms with Crippen LogP contribution in [0.1, 0.15) is 62.3 Å². The molecule has 0 saturated carbocycles. The van der Waals surface area contributed by atoms with Gasteiger partial charge < -0.3 is 0 Å². The summed E-state index contributed by atoms with van der Waals surface area (Å²) >= 11 is 0.